The highest BCUT2D eigenvalue weighted by molar-refractivity contribution is 5.96. The first kappa shape index (κ1) is 19.6. The van der Waals surface area contributed by atoms with Gasteiger partial charge in [0.15, 0.2) is 5.65 Å². The van der Waals surface area contributed by atoms with E-state index in [-0.39, 0.29) is 0 Å². The molecule has 30 heavy (non-hydrogen) atoms. The predicted molar refractivity (Wildman–Crippen MR) is 116 cm³/mol. The Labute approximate surface area is 174 Å². The van der Waals surface area contributed by atoms with E-state index >= 15 is 0 Å². The fourth-order valence-electron chi connectivity index (χ4n) is 3.19. The van der Waals surface area contributed by atoms with Gasteiger partial charge in [0.1, 0.15) is 23.1 Å². The lowest BCUT2D eigenvalue weighted by molar-refractivity contribution is 0.0636. The van der Waals surface area contributed by atoms with Crippen LogP contribution in [0.2, 0.25) is 0 Å². The Balaban J connectivity index is 1.70. The van der Waals surface area contributed by atoms with E-state index in [0.29, 0.717) is 23.4 Å². The number of para-hydroxylation sites is 1. The number of aromatic nitrogens is 4. The maximum atomic E-state index is 12.3. The SMILES string of the molecule is CC(C)(C)OC(=O)Nc1ccccc1-c1ncnc2c1ncn2Cc1ccccc1. The van der Waals surface area contributed by atoms with Gasteiger partial charge in [-0.05, 0) is 32.4 Å². The van der Waals surface area contributed by atoms with Crippen molar-refractivity contribution in [1.29, 1.82) is 0 Å². The van der Waals surface area contributed by atoms with Crippen LogP contribution in [0.4, 0.5) is 10.5 Å². The maximum Gasteiger partial charge on any atom is 0.412 e. The minimum atomic E-state index is -0.586. The van der Waals surface area contributed by atoms with Crippen LogP contribution in [0.3, 0.4) is 0 Å². The van der Waals surface area contributed by atoms with E-state index in [1.165, 1.54) is 6.33 Å². The van der Waals surface area contributed by atoms with Crippen molar-refractivity contribution in [2.24, 2.45) is 0 Å². The molecule has 4 aromatic rings. The fourth-order valence-corrected chi connectivity index (χ4v) is 3.19. The van der Waals surface area contributed by atoms with Gasteiger partial charge in [0, 0.05) is 5.56 Å². The zero-order valence-electron chi connectivity index (χ0n) is 17.2. The molecule has 0 saturated carbocycles. The first-order valence-corrected chi connectivity index (χ1v) is 9.70. The van der Waals surface area contributed by atoms with E-state index in [4.69, 9.17) is 4.74 Å². The molecule has 0 radical (unpaired) electrons. The van der Waals surface area contributed by atoms with Gasteiger partial charge in [-0.3, -0.25) is 5.32 Å². The third-order valence-corrected chi connectivity index (χ3v) is 4.41. The molecule has 0 fully saturated rings. The summed E-state index contributed by atoms with van der Waals surface area (Å²) in [4.78, 5) is 25.8. The minimum Gasteiger partial charge on any atom is -0.444 e. The second-order valence-electron chi connectivity index (χ2n) is 7.93. The fraction of sp³-hybridized carbons (Fsp3) is 0.217. The Morgan fingerprint density at radius 2 is 1.73 bits per heavy atom. The van der Waals surface area contributed by atoms with Crippen molar-refractivity contribution in [3.05, 3.63) is 72.8 Å². The number of hydrogen-bond acceptors (Lipinski definition) is 5. The Morgan fingerprint density at radius 3 is 2.50 bits per heavy atom. The molecule has 0 aliphatic heterocycles. The largest absolute Gasteiger partial charge is 0.444 e. The standard InChI is InChI=1S/C23H23N5O2/c1-23(2,3)30-22(29)27-18-12-8-7-11-17(18)19-20-21(25-14-24-19)28(15-26-20)13-16-9-5-4-6-10-16/h4-12,14-15H,13H2,1-3H3,(H,27,29). The average molecular weight is 401 g/mol. The zero-order chi connectivity index (χ0) is 21.1. The van der Waals surface area contributed by atoms with Crippen LogP contribution >= 0.6 is 0 Å². The van der Waals surface area contributed by atoms with E-state index in [1.54, 1.807) is 6.33 Å². The van der Waals surface area contributed by atoms with E-state index in [9.17, 15) is 4.79 Å². The number of amides is 1. The van der Waals surface area contributed by atoms with Crippen molar-refractivity contribution in [3.63, 3.8) is 0 Å². The highest BCUT2D eigenvalue weighted by Gasteiger charge is 2.19. The van der Waals surface area contributed by atoms with Gasteiger partial charge in [-0.2, -0.15) is 0 Å². The average Bonchev–Trinajstić information content (AvgIpc) is 3.11. The van der Waals surface area contributed by atoms with Crippen molar-refractivity contribution < 1.29 is 9.53 Å². The summed E-state index contributed by atoms with van der Waals surface area (Å²) in [6.07, 6.45) is 2.76. The molecule has 7 heteroatoms. The van der Waals surface area contributed by atoms with Crippen molar-refractivity contribution in [1.82, 2.24) is 19.5 Å². The van der Waals surface area contributed by atoms with Gasteiger partial charge in [-0.15, -0.1) is 0 Å². The normalized spacial score (nSPS) is 11.4. The topological polar surface area (TPSA) is 81.9 Å². The minimum absolute atomic E-state index is 0.519. The monoisotopic (exact) mass is 401 g/mol. The number of anilines is 1. The molecule has 1 N–H and O–H groups in total. The predicted octanol–water partition coefficient (Wildman–Crippen LogP) is 4.89. The lowest BCUT2D eigenvalue weighted by Gasteiger charge is -2.20. The highest BCUT2D eigenvalue weighted by Crippen LogP contribution is 2.31. The Bertz CT molecular complexity index is 1180. The Hall–Kier alpha value is -3.74. The molecule has 0 aliphatic rings. The maximum absolute atomic E-state index is 12.3. The van der Waals surface area contributed by atoms with E-state index in [2.05, 4.69) is 32.4 Å². The summed E-state index contributed by atoms with van der Waals surface area (Å²) in [6, 6.07) is 17.6. The van der Waals surface area contributed by atoms with Crippen LogP contribution < -0.4 is 5.32 Å². The molecule has 2 aromatic carbocycles. The van der Waals surface area contributed by atoms with Crippen LogP contribution in [0.1, 0.15) is 26.3 Å². The zero-order valence-corrected chi connectivity index (χ0v) is 17.2. The third-order valence-electron chi connectivity index (χ3n) is 4.41. The summed E-state index contributed by atoms with van der Waals surface area (Å²) < 4.78 is 7.37. The molecule has 0 atom stereocenters. The van der Waals surface area contributed by atoms with Gasteiger partial charge in [-0.1, -0.05) is 48.5 Å². The molecule has 2 aromatic heterocycles. The van der Waals surface area contributed by atoms with Crippen LogP contribution in [0.15, 0.2) is 67.3 Å². The molecule has 0 unspecified atom stereocenters. The number of hydrogen-bond donors (Lipinski definition) is 1. The van der Waals surface area contributed by atoms with Gasteiger partial charge < -0.3 is 9.30 Å². The molecule has 2 heterocycles. The van der Waals surface area contributed by atoms with Crippen LogP contribution in [-0.4, -0.2) is 31.2 Å². The van der Waals surface area contributed by atoms with Crippen molar-refractivity contribution in [2.45, 2.75) is 32.9 Å². The molecule has 0 saturated heterocycles. The molecule has 4 rings (SSSR count). The summed E-state index contributed by atoms with van der Waals surface area (Å²) >= 11 is 0. The van der Waals surface area contributed by atoms with E-state index in [1.807, 2.05) is 67.8 Å². The van der Waals surface area contributed by atoms with Crippen LogP contribution in [-0.2, 0) is 11.3 Å². The van der Waals surface area contributed by atoms with Gasteiger partial charge in [0.05, 0.1) is 18.6 Å². The van der Waals surface area contributed by atoms with Crippen molar-refractivity contribution in [2.75, 3.05) is 5.32 Å². The van der Waals surface area contributed by atoms with E-state index < -0.39 is 11.7 Å². The molecular formula is C23H23N5O2. The van der Waals surface area contributed by atoms with Gasteiger partial charge in [0.25, 0.3) is 0 Å². The Morgan fingerprint density at radius 1 is 1.00 bits per heavy atom. The molecule has 0 spiro atoms. The first-order valence-electron chi connectivity index (χ1n) is 9.70. The molecule has 0 bridgehead atoms. The summed E-state index contributed by atoms with van der Waals surface area (Å²) in [7, 11) is 0. The third kappa shape index (κ3) is 4.30. The van der Waals surface area contributed by atoms with Gasteiger partial charge >= 0.3 is 6.09 Å². The molecule has 7 nitrogen and oxygen atoms in total. The summed E-state index contributed by atoms with van der Waals surface area (Å²) in [6.45, 7) is 6.13. The lowest BCUT2D eigenvalue weighted by atomic mass is 10.1. The van der Waals surface area contributed by atoms with Crippen LogP contribution in [0, 0.1) is 0 Å². The number of rotatable bonds is 4. The smallest absolute Gasteiger partial charge is 0.412 e. The number of benzene rings is 2. The lowest BCUT2D eigenvalue weighted by Crippen LogP contribution is -2.27. The van der Waals surface area contributed by atoms with E-state index in [0.717, 1.165) is 16.8 Å². The second kappa shape index (κ2) is 7.94. The van der Waals surface area contributed by atoms with Crippen LogP contribution in [0.5, 0.6) is 0 Å². The molecule has 1 amide bonds. The number of fused-ring (bicyclic) bond motifs is 1. The number of nitrogens with zero attached hydrogens (tertiary/aromatic N) is 4. The summed E-state index contributed by atoms with van der Waals surface area (Å²) in [5.74, 6) is 0. The molecule has 0 aliphatic carbocycles. The van der Waals surface area contributed by atoms with Gasteiger partial charge in [-0.25, -0.2) is 19.7 Å². The quantitative estimate of drug-likeness (QED) is 0.527. The van der Waals surface area contributed by atoms with Gasteiger partial charge in [0.2, 0.25) is 0 Å². The van der Waals surface area contributed by atoms with Crippen LogP contribution in [0.25, 0.3) is 22.4 Å². The molecule has 152 valence electrons. The number of carbonyl (C=O) groups is 1. The highest BCUT2D eigenvalue weighted by atomic mass is 16.6. The number of imidazole rings is 1. The number of carbonyl (C=O) groups excluding carboxylic acids is 1. The Kier molecular flexibility index (Phi) is 5.18. The summed E-state index contributed by atoms with van der Waals surface area (Å²) in [5, 5.41) is 2.82. The summed E-state index contributed by atoms with van der Waals surface area (Å²) in [5.41, 5.74) is 3.98. The van der Waals surface area contributed by atoms with Crippen molar-refractivity contribution in [3.8, 4) is 11.3 Å². The molecular weight excluding hydrogens is 378 g/mol. The van der Waals surface area contributed by atoms with Crippen molar-refractivity contribution >= 4 is 22.9 Å². The second-order valence-corrected chi connectivity index (χ2v) is 7.93. The first-order chi connectivity index (χ1) is 14.4. The number of nitrogens with one attached hydrogen (secondary N) is 1. The number of ether oxygens (including phenoxy) is 1.